The van der Waals surface area contributed by atoms with Crippen LogP contribution in [-0.2, 0) is 6.61 Å². The Bertz CT molecular complexity index is 1260. The number of hydrogen-bond acceptors (Lipinski definition) is 4. The van der Waals surface area contributed by atoms with Crippen LogP contribution in [0, 0.1) is 0 Å². The third-order valence-electron chi connectivity index (χ3n) is 6.28. The van der Waals surface area contributed by atoms with Gasteiger partial charge in [-0.3, -0.25) is 9.36 Å². The van der Waals surface area contributed by atoms with Crippen LogP contribution in [0.25, 0.3) is 17.1 Å². The van der Waals surface area contributed by atoms with E-state index in [1.807, 2.05) is 94.5 Å². The fourth-order valence-electron chi connectivity index (χ4n) is 4.33. The van der Waals surface area contributed by atoms with Crippen LogP contribution in [0.4, 0.5) is 0 Å². The molecule has 1 amide bonds. The first-order valence-electron chi connectivity index (χ1n) is 12.0. The van der Waals surface area contributed by atoms with Crippen LogP contribution in [0.1, 0.15) is 35.3 Å². The lowest BCUT2D eigenvalue weighted by atomic mass is 10.1. The molecule has 2 heterocycles. The molecule has 35 heavy (non-hydrogen) atoms. The molecule has 0 aliphatic carbocycles. The van der Waals surface area contributed by atoms with Gasteiger partial charge < -0.3 is 14.4 Å². The van der Waals surface area contributed by atoms with Crippen LogP contribution in [0.5, 0.6) is 11.5 Å². The lowest BCUT2D eigenvalue weighted by Gasteiger charge is -2.25. The Morgan fingerprint density at radius 1 is 0.857 bits per heavy atom. The predicted octanol–water partition coefficient (Wildman–Crippen LogP) is 5.75. The number of carbonyl (C=O) groups excluding carboxylic acids is 1. The van der Waals surface area contributed by atoms with Crippen molar-refractivity contribution in [3.63, 3.8) is 0 Å². The number of likely N-dealkylation sites (tertiary alicyclic amines) is 1. The number of carbonyl (C=O) groups is 1. The predicted molar refractivity (Wildman–Crippen MR) is 136 cm³/mol. The molecule has 4 aromatic rings. The third kappa shape index (κ3) is 5.22. The van der Waals surface area contributed by atoms with E-state index < -0.39 is 0 Å². The van der Waals surface area contributed by atoms with Crippen LogP contribution in [0.2, 0.25) is 0 Å². The number of nitrogens with zero attached hydrogens (tertiary/aromatic N) is 3. The van der Waals surface area contributed by atoms with Crippen LogP contribution in [0.3, 0.4) is 0 Å². The van der Waals surface area contributed by atoms with E-state index >= 15 is 0 Å². The summed E-state index contributed by atoms with van der Waals surface area (Å²) in [6, 6.07) is 25.7. The first-order valence-corrected chi connectivity index (χ1v) is 12.0. The zero-order chi connectivity index (χ0) is 24.0. The van der Waals surface area contributed by atoms with Crippen molar-refractivity contribution in [3.8, 4) is 28.6 Å². The monoisotopic (exact) mass is 467 g/mol. The minimum absolute atomic E-state index is 0.0129. The molecule has 0 atom stereocenters. The van der Waals surface area contributed by atoms with Gasteiger partial charge in [-0.2, -0.15) is 0 Å². The number of rotatable bonds is 7. The van der Waals surface area contributed by atoms with E-state index in [-0.39, 0.29) is 5.91 Å². The molecular weight excluding hydrogens is 438 g/mol. The zero-order valence-corrected chi connectivity index (χ0v) is 19.9. The molecule has 1 aromatic heterocycles. The van der Waals surface area contributed by atoms with E-state index in [0.717, 1.165) is 54.2 Å². The van der Waals surface area contributed by atoms with Gasteiger partial charge in [-0.15, -0.1) is 0 Å². The van der Waals surface area contributed by atoms with E-state index in [2.05, 4.69) is 0 Å². The number of methoxy groups -OCH3 is 1. The molecule has 0 unspecified atom stereocenters. The van der Waals surface area contributed by atoms with Gasteiger partial charge in [0.05, 0.1) is 7.11 Å². The Labute approximate surface area is 205 Å². The molecule has 5 rings (SSSR count). The minimum Gasteiger partial charge on any atom is -0.497 e. The summed E-state index contributed by atoms with van der Waals surface area (Å²) in [4.78, 5) is 19.9. The summed E-state index contributed by atoms with van der Waals surface area (Å²) >= 11 is 0. The highest BCUT2D eigenvalue weighted by molar-refractivity contribution is 5.93. The van der Waals surface area contributed by atoms with Crippen molar-refractivity contribution in [2.45, 2.75) is 25.9 Å². The second-order valence-electron chi connectivity index (χ2n) is 8.67. The molecule has 6 nitrogen and oxygen atoms in total. The van der Waals surface area contributed by atoms with Gasteiger partial charge in [-0.25, -0.2) is 4.98 Å². The fraction of sp³-hybridized carbons (Fsp3) is 0.241. The summed E-state index contributed by atoms with van der Waals surface area (Å²) in [5.74, 6) is 2.26. The summed E-state index contributed by atoms with van der Waals surface area (Å²) in [6.07, 6.45) is 5.11. The molecule has 0 radical (unpaired) electrons. The standard InChI is InChI=1S/C29H29N3O3/c1-34-25-14-10-23(11-15-25)28-30-27(29(33)31-18-6-3-7-19-31)20-32(28)24-12-16-26(17-13-24)35-21-22-8-4-2-5-9-22/h2,4-5,8-17,20H,3,6-7,18-19,21H2,1H3. The quantitative estimate of drug-likeness (QED) is 0.347. The molecule has 178 valence electrons. The largest absolute Gasteiger partial charge is 0.497 e. The number of piperidine rings is 1. The Kier molecular flexibility index (Phi) is 6.80. The van der Waals surface area contributed by atoms with Crippen LogP contribution in [-0.4, -0.2) is 40.6 Å². The van der Waals surface area contributed by atoms with E-state index in [9.17, 15) is 4.79 Å². The molecule has 0 saturated carbocycles. The average molecular weight is 468 g/mol. The first kappa shape index (κ1) is 22.7. The number of hydrogen-bond donors (Lipinski definition) is 0. The Morgan fingerprint density at radius 2 is 1.54 bits per heavy atom. The lowest BCUT2D eigenvalue weighted by Crippen LogP contribution is -2.35. The molecule has 0 N–H and O–H groups in total. The van der Waals surface area contributed by atoms with E-state index in [1.54, 1.807) is 7.11 Å². The highest BCUT2D eigenvalue weighted by Gasteiger charge is 2.23. The summed E-state index contributed by atoms with van der Waals surface area (Å²) in [5.41, 5.74) is 3.40. The van der Waals surface area contributed by atoms with Crippen LogP contribution < -0.4 is 9.47 Å². The smallest absolute Gasteiger partial charge is 0.274 e. The highest BCUT2D eigenvalue weighted by Crippen LogP contribution is 2.27. The van der Waals surface area contributed by atoms with Crippen molar-refractivity contribution >= 4 is 5.91 Å². The second-order valence-corrected chi connectivity index (χ2v) is 8.67. The number of ether oxygens (including phenoxy) is 2. The minimum atomic E-state index is -0.0129. The molecule has 0 spiro atoms. The normalized spacial score (nSPS) is 13.5. The Morgan fingerprint density at radius 3 is 2.23 bits per heavy atom. The number of benzene rings is 3. The second kappa shape index (κ2) is 10.5. The van der Waals surface area contributed by atoms with E-state index in [4.69, 9.17) is 14.5 Å². The van der Waals surface area contributed by atoms with Gasteiger partial charge in [-0.1, -0.05) is 30.3 Å². The summed E-state index contributed by atoms with van der Waals surface area (Å²) in [6.45, 7) is 2.09. The van der Waals surface area contributed by atoms with Crippen molar-refractivity contribution in [2.75, 3.05) is 20.2 Å². The van der Waals surface area contributed by atoms with Gasteiger partial charge in [0, 0.05) is 30.5 Å². The Balaban J connectivity index is 1.43. The topological polar surface area (TPSA) is 56.6 Å². The Hall–Kier alpha value is -4.06. The fourth-order valence-corrected chi connectivity index (χ4v) is 4.33. The molecule has 1 aliphatic heterocycles. The van der Waals surface area contributed by atoms with Crippen molar-refractivity contribution in [2.24, 2.45) is 0 Å². The lowest BCUT2D eigenvalue weighted by molar-refractivity contribution is 0.0719. The van der Waals surface area contributed by atoms with Crippen LogP contribution >= 0.6 is 0 Å². The molecule has 0 bridgehead atoms. The van der Waals surface area contributed by atoms with Gasteiger partial charge in [0.25, 0.3) is 5.91 Å². The summed E-state index contributed by atoms with van der Waals surface area (Å²) in [7, 11) is 1.65. The summed E-state index contributed by atoms with van der Waals surface area (Å²) in [5, 5.41) is 0. The van der Waals surface area contributed by atoms with Gasteiger partial charge in [0.2, 0.25) is 0 Å². The molecular formula is C29H29N3O3. The van der Waals surface area contributed by atoms with Crippen LogP contribution in [0.15, 0.2) is 85.1 Å². The van der Waals surface area contributed by atoms with Crippen molar-refractivity contribution in [1.29, 1.82) is 0 Å². The maximum Gasteiger partial charge on any atom is 0.274 e. The molecule has 3 aromatic carbocycles. The number of imidazole rings is 1. The van der Waals surface area contributed by atoms with E-state index in [0.29, 0.717) is 18.1 Å². The van der Waals surface area contributed by atoms with Gasteiger partial charge in [0.1, 0.15) is 29.6 Å². The molecule has 1 aliphatic rings. The molecule has 6 heteroatoms. The third-order valence-corrected chi connectivity index (χ3v) is 6.28. The zero-order valence-electron chi connectivity index (χ0n) is 19.9. The molecule has 1 saturated heterocycles. The number of aromatic nitrogens is 2. The van der Waals surface area contributed by atoms with E-state index in [1.165, 1.54) is 6.42 Å². The maximum atomic E-state index is 13.2. The maximum absolute atomic E-state index is 13.2. The van der Waals surface area contributed by atoms with Crippen molar-refractivity contribution in [3.05, 3.63) is 96.3 Å². The first-order chi connectivity index (χ1) is 17.2. The summed E-state index contributed by atoms with van der Waals surface area (Å²) < 4.78 is 13.2. The van der Waals surface area contributed by atoms with Gasteiger partial charge in [0.15, 0.2) is 0 Å². The SMILES string of the molecule is COc1ccc(-c2nc(C(=O)N3CCCCC3)cn2-c2ccc(OCc3ccccc3)cc2)cc1. The van der Waals surface area contributed by atoms with Crippen molar-refractivity contribution < 1.29 is 14.3 Å². The number of amides is 1. The van der Waals surface area contributed by atoms with Gasteiger partial charge in [-0.05, 0) is 73.4 Å². The van der Waals surface area contributed by atoms with Gasteiger partial charge >= 0.3 is 0 Å². The highest BCUT2D eigenvalue weighted by atomic mass is 16.5. The van der Waals surface area contributed by atoms with Crippen molar-refractivity contribution in [1.82, 2.24) is 14.5 Å². The average Bonchev–Trinajstić information content (AvgIpc) is 3.38. The molecule has 1 fully saturated rings.